The van der Waals surface area contributed by atoms with Crippen LogP contribution in [0.1, 0.15) is 30.2 Å². The number of aliphatic hydroxyl groups is 2. The van der Waals surface area contributed by atoms with Crippen LogP contribution in [0.5, 0.6) is 0 Å². The van der Waals surface area contributed by atoms with Gasteiger partial charge in [0.2, 0.25) is 11.7 Å². The number of rotatable bonds is 3. The number of nitrogens with zero attached hydrogens (tertiary/aromatic N) is 5. The molecule has 0 spiro atoms. The Morgan fingerprint density at radius 1 is 1.30 bits per heavy atom. The molecule has 4 atom stereocenters. The average molecular weight is 427 g/mol. The number of nitrogens with one attached hydrogen (secondary N) is 2. The zero-order chi connectivity index (χ0) is 21.5. The molecule has 3 aromatic heterocycles. The molecule has 3 aromatic rings. The molecule has 0 radical (unpaired) electrons. The lowest BCUT2D eigenvalue weighted by atomic mass is 9.85. The van der Waals surface area contributed by atoms with Crippen LogP contribution in [0, 0.1) is 17.3 Å². The van der Waals surface area contributed by atoms with Crippen molar-refractivity contribution >= 4 is 34.2 Å². The molecular weight excluding hydrogens is 406 g/mol. The topological polar surface area (TPSA) is 138 Å². The van der Waals surface area contributed by atoms with Crippen molar-refractivity contribution in [1.82, 2.24) is 29.8 Å². The first kappa shape index (κ1) is 20.2. The van der Waals surface area contributed by atoms with Gasteiger partial charge in [-0.1, -0.05) is 0 Å². The van der Waals surface area contributed by atoms with Gasteiger partial charge < -0.3 is 25.4 Å². The molecule has 30 heavy (non-hydrogen) atoms. The number of hydrogen-bond acceptors (Lipinski definition) is 9. The Labute approximate surface area is 176 Å². The Kier molecular flexibility index (Phi) is 5.15. The highest BCUT2D eigenvalue weighted by molar-refractivity contribution is 7.10. The number of aromatic nitrogens is 5. The van der Waals surface area contributed by atoms with Crippen molar-refractivity contribution in [2.45, 2.75) is 31.6 Å². The standard InChI is InChI=1S/C19H21N7O3S/c1-19(18(29)21-3)8-10(14(27)15(19)28)26-9-23-13-16(20-2)24-11(25-17(13)26)4-5-12-22-6-7-30-12/h6-7,9-10,14-15,27-28H,8H2,1-3H3,(H,21,29)(H,20,24,25)/t10-,14+,15+,19?/m1/s1. The molecular formula is C19H21N7O3S. The lowest BCUT2D eigenvalue weighted by Gasteiger charge is -2.26. The summed E-state index contributed by atoms with van der Waals surface area (Å²) in [5.41, 5.74) is -0.176. The van der Waals surface area contributed by atoms with Gasteiger partial charge in [0.15, 0.2) is 22.0 Å². The minimum Gasteiger partial charge on any atom is -0.389 e. The maximum absolute atomic E-state index is 12.4. The quantitative estimate of drug-likeness (QED) is 0.433. The van der Waals surface area contributed by atoms with Gasteiger partial charge in [-0.25, -0.2) is 19.9 Å². The Morgan fingerprint density at radius 3 is 2.77 bits per heavy atom. The van der Waals surface area contributed by atoms with Crippen molar-refractivity contribution in [3.63, 3.8) is 0 Å². The maximum atomic E-state index is 12.4. The van der Waals surface area contributed by atoms with Crippen molar-refractivity contribution in [3.8, 4) is 11.8 Å². The Hall–Kier alpha value is -3.07. The van der Waals surface area contributed by atoms with E-state index >= 15 is 0 Å². The predicted octanol–water partition coefficient (Wildman–Crippen LogP) is 0.143. The summed E-state index contributed by atoms with van der Waals surface area (Å²) in [6, 6.07) is -0.591. The van der Waals surface area contributed by atoms with Crippen molar-refractivity contribution in [1.29, 1.82) is 0 Å². The van der Waals surface area contributed by atoms with Crippen LogP contribution < -0.4 is 10.6 Å². The molecule has 0 aromatic carbocycles. The van der Waals surface area contributed by atoms with Gasteiger partial charge in [-0.05, 0) is 25.2 Å². The van der Waals surface area contributed by atoms with Crippen LogP contribution in [0.15, 0.2) is 17.9 Å². The van der Waals surface area contributed by atoms with Crippen LogP contribution in [0.2, 0.25) is 0 Å². The van der Waals surface area contributed by atoms with E-state index in [4.69, 9.17) is 0 Å². The fraction of sp³-hybridized carbons (Fsp3) is 0.421. The van der Waals surface area contributed by atoms with E-state index in [0.717, 1.165) is 0 Å². The fourth-order valence-corrected chi connectivity index (χ4v) is 4.30. The highest BCUT2D eigenvalue weighted by Gasteiger charge is 2.54. The molecule has 1 aliphatic carbocycles. The Balaban J connectivity index is 1.78. The highest BCUT2D eigenvalue weighted by atomic mass is 32.1. The molecule has 1 aliphatic rings. The second-order valence-corrected chi connectivity index (χ2v) is 8.16. The average Bonchev–Trinajstić information content (AvgIpc) is 3.47. The molecule has 3 heterocycles. The summed E-state index contributed by atoms with van der Waals surface area (Å²) in [6.07, 6.45) is 1.04. The van der Waals surface area contributed by atoms with Crippen molar-refractivity contribution < 1.29 is 15.0 Å². The monoisotopic (exact) mass is 427 g/mol. The molecule has 1 unspecified atom stereocenters. The second-order valence-electron chi connectivity index (χ2n) is 7.26. The largest absolute Gasteiger partial charge is 0.389 e. The van der Waals surface area contributed by atoms with Crippen molar-refractivity contribution in [3.05, 3.63) is 28.7 Å². The molecule has 4 N–H and O–H groups in total. The van der Waals surface area contributed by atoms with Gasteiger partial charge in [-0.3, -0.25) is 4.79 Å². The number of hydrogen-bond donors (Lipinski definition) is 4. The third-order valence-electron chi connectivity index (χ3n) is 5.48. The van der Waals surface area contributed by atoms with Gasteiger partial charge in [0, 0.05) is 25.7 Å². The summed E-state index contributed by atoms with van der Waals surface area (Å²) in [5, 5.41) is 29.3. The maximum Gasteiger partial charge on any atom is 0.228 e. The minimum atomic E-state index is -1.23. The molecule has 1 amide bonds. The zero-order valence-corrected chi connectivity index (χ0v) is 17.4. The summed E-state index contributed by atoms with van der Waals surface area (Å²) < 4.78 is 1.68. The summed E-state index contributed by atoms with van der Waals surface area (Å²) >= 11 is 1.41. The van der Waals surface area contributed by atoms with Gasteiger partial charge in [0.25, 0.3) is 0 Å². The van der Waals surface area contributed by atoms with E-state index in [1.165, 1.54) is 24.7 Å². The number of carbonyl (C=O) groups excluding carboxylic acids is 1. The van der Waals surface area contributed by atoms with E-state index in [0.29, 0.717) is 22.0 Å². The Bertz CT molecular complexity index is 1150. The van der Waals surface area contributed by atoms with Gasteiger partial charge in [0.1, 0.15) is 6.10 Å². The smallest absolute Gasteiger partial charge is 0.228 e. The molecule has 4 rings (SSSR count). The fourth-order valence-electron chi connectivity index (χ4n) is 3.82. The number of imidazole rings is 1. The van der Waals surface area contributed by atoms with Crippen molar-refractivity contribution in [2.75, 3.05) is 19.4 Å². The zero-order valence-electron chi connectivity index (χ0n) is 16.6. The molecule has 0 saturated heterocycles. The van der Waals surface area contributed by atoms with E-state index in [1.54, 1.807) is 24.7 Å². The highest BCUT2D eigenvalue weighted by Crippen LogP contribution is 2.45. The van der Waals surface area contributed by atoms with Gasteiger partial charge in [-0.15, -0.1) is 11.3 Å². The molecule has 11 heteroatoms. The first-order valence-electron chi connectivity index (χ1n) is 9.31. The third-order valence-corrected chi connectivity index (χ3v) is 6.17. The Morgan fingerprint density at radius 2 is 2.10 bits per heavy atom. The molecule has 1 fully saturated rings. The van der Waals surface area contributed by atoms with Gasteiger partial charge >= 0.3 is 0 Å². The van der Waals surface area contributed by atoms with Crippen LogP contribution in [-0.4, -0.2) is 66.9 Å². The lowest BCUT2D eigenvalue weighted by molar-refractivity contribution is -0.136. The van der Waals surface area contributed by atoms with Gasteiger partial charge in [-0.2, -0.15) is 0 Å². The first-order chi connectivity index (χ1) is 14.4. The van der Waals surface area contributed by atoms with E-state index in [-0.39, 0.29) is 18.2 Å². The molecule has 1 saturated carbocycles. The lowest BCUT2D eigenvalue weighted by Crippen LogP contribution is -2.45. The van der Waals surface area contributed by atoms with Gasteiger partial charge in [0.05, 0.1) is 23.9 Å². The van der Waals surface area contributed by atoms with E-state index in [9.17, 15) is 15.0 Å². The second kappa shape index (κ2) is 7.64. The number of thiazole rings is 1. The predicted molar refractivity (Wildman–Crippen MR) is 111 cm³/mol. The SMILES string of the molecule is CNC(=O)C1(C)C[C@@H](n2cnc3c(NC)nc(C#Cc4nccs4)nc32)[C@H](O)[C@@H]1O. The molecule has 0 bridgehead atoms. The summed E-state index contributed by atoms with van der Waals surface area (Å²) in [5.74, 6) is 6.25. The third kappa shape index (κ3) is 3.19. The molecule has 0 aliphatic heterocycles. The van der Waals surface area contributed by atoms with Crippen LogP contribution in [0.25, 0.3) is 11.2 Å². The summed E-state index contributed by atoms with van der Waals surface area (Å²) in [6.45, 7) is 1.64. The summed E-state index contributed by atoms with van der Waals surface area (Å²) in [7, 11) is 3.22. The van der Waals surface area contributed by atoms with E-state index in [1.807, 2.05) is 5.38 Å². The number of carbonyl (C=O) groups is 1. The van der Waals surface area contributed by atoms with Crippen LogP contribution in [0.3, 0.4) is 0 Å². The summed E-state index contributed by atoms with van der Waals surface area (Å²) in [4.78, 5) is 29.8. The number of amides is 1. The number of fused-ring (bicyclic) bond motifs is 1. The number of aliphatic hydroxyl groups excluding tert-OH is 2. The number of anilines is 1. The minimum absolute atomic E-state index is 0.222. The molecule has 156 valence electrons. The van der Waals surface area contributed by atoms with Crippen LogP contribution >= 0.6 is 11.3 Å². The van der Waals surface area contributed by atoms with Crippen LogP contribution in [-0.2, 0) is 4.79 Å². The van der Waals surface area contributed by atoms with E-state index in [2.05, 4.69) is 42.4 Å². The first-order valence-corrected chi connectivity index (χ1v) is 10.2. The molecule has 10 nitrogen and oxygen atoms in total. The van der Waals surface area contributed by atoms with Crippen molar-refractivity contribution in [2.24, 2.45) is 5.41 Å². The van der Waals surface area contributed by atoms with E-state index < -0.39 is 23.7 Å². The normalized spacial score (nSPS) is 25.7. The van der Waals surface area contributed by atoms with Crippen LogP contribution in [0.4, 0.5) is 5.82 Å².